The Morgan fingerprint density at radius 3 is 2.41 bits per heavy atom. The molecule has 0 aliphatic carbocycles. The van der Waals surface area contributed by atoms with Gasteiger partial charge < -0.3 is 0 Å². The molecule has 2 aromatic rings. The van der Waals surface area contributed by atoms with Crippen LogP contribution >= 0.6 is 75.1 Å². The van der Waals surface area contributed by atoms with Crippen LogP contribution in [-0.4, -0.2) is 0 Å². The third kappa shape index (κ3) is 3.03. The first-order valence-corrected chi connectivity index (χ1v) is 8.64. The average molecular weight is 508 g/mol. The van der Waals surface area contributed by atoms with Crippen LogP contribution in [0.3, 0.4) is 0 Å². The molecule has 0 nitrogen and oxygen atoms in total. The normalized spacial score (nSPS) is 12.8. The summed E-state index contributed by atoms with van der Waals surface area (Å²) in [6, 6.07) is 7.28. The highest BCUT2D eigenvalue weighted by Crippen LogP contribution is 2.42. The molecule has 17 heavy (non-hydrogen) atoms. The summed E-state index contributed by atoms with van der Waals surface area (Å²) < 4.78 is 16.4. The minimum atomic E-state index is -0.227. The van der Waals surface area contributed by atoms with Gasteiger partial charge in [-0.25, -0.2) is 4.39 Å². The van der Waals surface area contributed by atoms with E-state index in [0.717, 1.165) is 13.1 Å². The summed E-state index contributed by atoms with van der Waals surface area (Å²) in [5.74, 6) is -0.227. The van der Waals surface area contributed by atoms with Crippen LogP contribution in [0.4, 0.5) is 4.39 Å². The molecule has 1 aromatic heterocycles. The maximum Gasteiger partial charge on any atom is 0.142 e. The lowest BCUT2D eigenvalue weighted by Crippen LogP contribution is -1.94. The van der Waals surface area contributed by atoms with Gasteiger partial charge in [-0.15, -0.1) is 11.3 Å². The Labute approximate surface area is 136 Å². The van der Waals surface area contributed by atoms with Gasteiger partial charge in [0.1, 0.15) is 5.82 Å². The molecule has 6 heteroatoms. The molecule has 0 saturated carbocycles. The Morgan fingerprint density at radius 2 is 1.82 bits per heavy atom. The van der Waals surface area contributed by atoms with Gasteiger partial charge in [-0.2, -0.15) is 0 Å². The Kier molecular flexibility index (Phi) is 4.86. The van der Waals surface area contributed by atoms with Crippen LogP contribution in [0.2, 0.25) is 0 Å². The fourth-order valence-electron chi connectivity index (χ4n) is 1.36. The standard InChI is InChI=1S/C11H5Br4FS/c12-6-3-1-2-5(10(6)16)9(14)8-4-7(13)11(15)17-8/h1-4,9H. The number of benzene rings is 1. The predicted octanol–water partition coefficient (Wildman–Crippen LogP) is 6.66. The number of hydrogen-bond donors (Lipinski definition) is 0. The Hall–Kier alpha value is 0.770. The van der Waals surface area contributed by atoms with Crippen molar-refractivity contribution in [3.63, 3.8) is 0 Å². The zero-order valence-electron chi connectivity index (χ0n) is 8.18. The number of thiophene rings is 1. The molecule has 0 radical (unpaired) electrons. The third-order valence-corrected chi connectivity index (χ3v) is 7.39. The van der Waals surface area contributed by atoms with Gasteiger partial charge in [-0.3, -0.25) is 0 Å². The van der Waals surface area contributed by atoms with Crippen LogP contribution in [0.5, 0.6) is 0 Å². The molecule has 1 heterocycles. The van der Waals surface area contributed by atoms with Gasteiger partial charge in [0.05, 0.1) is 13.1 Å². The summed E-state index contributed by atoms with van der Waals surface area (Å²) in [4.78, 5) is 0.897. The minimum Gasteiger partial charge on any atom is -0.205 e. The van der Waals surface area contributed by atoms with Crippen molar-refractivity contribution in [2.75, 3.05) is 0 Å². The molecular formula is C11H5Br4FS. The van der Waals surface area contributed by atoms with Gasteiger partial charge in [0.2, 0.25) is 0 Å². The third-order valence-electron chi connectivity index (χ3n) is 2.17. The number of hydrogen-bond acceptors (Lipinski definition) is 1. The van der Waals surface area contributed by atoms with Gasteiger partial charge >= 0.3 is 0 Å². The summed E-state index contributed by atoms with van der Waals surface area (Å²) >= 11 is 15.2. The number of alkyl halides is 1. The SMILES string of the molecule is Fc1c(Br)cccc1C(Br)c1cc(Br)c(Br)s1. The summed E-state index contributed by atoms with van der Waals surface area (Å²) in [6.07, 6.45) is 0. The van der Waals surface area contributed by atoms with E-state index in [9.17, 15) is 4.39 Å². The Morgan fingerprint density at radius 1 is 1.12 bits per heavy atom. The topological polar surface area (TPSA) is 0 Å². The zero-order valence-corrected chi connectivity index (χ0v) is 15.3. The summed E-state index contributed by atoms with van der Waals surface area (Å²) in [5.41, 5.74) is 0.626. The van der Waals surface area contributed by atoms with Crippen molar-refractivity contribution in [1.29, 1.82) is 0 Å². The van der Waals surface area contributed by atoms with E-state index >= 15 is 0 Å². The molecule has 1 atom stereocenters. The lowest BCUT2D eigenvalue weighted by Gasteiger charge is -2.10. The molecule has 0 saturated heterocycles. The van der Waals surface area contributed by atoms with E-state index in [0.29, 0.717) is 10.0 Å². The van der Waals surface area contributed by atoms with Crippen molar-refractivity contribution in [3.05, 3.63) is 53.3 Å². The van der Waals surface area contributed by atoms with Crippen molar-refractivity contribution in [2.45, 2.75) is 4.83 Å². The Balaban J connectivity index is 2.43. The summed E-state index contributed by atoms with van der Waals surface area (Å²) in [5, 5.41) is 0. The van der Waals surface area contributed by atoms with Gasteiger partial charge in [0.25, 0.3) is 0 Å². The molecule has 0 N–H and O–H groups in total. The highest BCUT2D eigenvalue weighted by atomic mass is 79.9. The second-order valence-corrected chi connectivity index (χ2v) is 8.30. The number of rotatable bonds is 2. The van der Waals surface area contributed by atoms with E-state index in [-0.39, 0.29) is 10.6 Å². The summed E-state index contributed by atoms with van der Waals surface area (Å²) in [7, 11) is 0. The molecule has 1 unspecified atom stereocenters. The minimum absolute atomic E-state index is 0.146. The maximum absolute atomic E-state index is 13.9. The first-order valence-electron chi connectivity index (χ1n) is 4.53. The average Bonchev–Trinajstić information content (AvgIpc) is 2.62. The monoisotopic (exact) mass is 504 g/mol. The van der Waals surface area contributed by atoms with Crippen LogP contribution < -0.4 is 0 Å². The van der Waals surface area contributed by atoms with Crippen molar-refractivity contribution in [1.82, 2.24) is 0 Å². The molecule has 90 valence electrons. The molecule has 2 rings (SSSR count). The van der Waals surface area contributed by atoms with Crippen LogP contribution in [0.25, 0.3) is 0 Å². The molecule has 1 aromatic carbocycles. The number of halogens is 5. The lowest BCUT2D eigenvalue weighted by atomic mass is 10.1. The van der Waals surface area contributed by atoms with E-state index in [1.807, 2.05) is 12.1 Å². The second-order valence-electron chi connectivity index (χ2n) is 3.28. The summed E-state index contributed by atoms with van der Waals surface area (Å²) in [6.45, 7) is 0. The largest absolute Gasteiger partial charge is 0.205 e. The van der Waals surface area contributed by atoms with Crippen LogP contribution in [0.15, 0.2) is 37.0 Å². The zero-order chi connectivity index (χ0) is 12.6. The first kappa shape index (κ1) is 14.2. The van der Waals surface area contributed by atoms with Crippen LogP contribution in [0.1, 0.15) is 15.3 Å². The van der Waals surface area contributed by atoms with Crippen molar-refractivity contribution in [3.8, 4) is 0 Å². The quantitative estimate of drug-likeness (QED) is 0.399. The van der Waals surface area contributed by atoms with E-state index in [1.165, 1.54) is 0 Å². The fraction of sp³-hybridized carbons (Fsp3) is 0.0909. The maximum atomic E-state index is 13.9. The first-order chi connectivity index (χ1) is 8.00. The molecule has 0 aliphatic rings. The van der Waals surface area contributed by atoms with Gasteiger partial charge in [-0.1, -0.05) is 28.1 Å². The highest BCUT2D eigenvalue weighted by molar-refractivity contribution is 9.13. The molecule has 0 aliphatic heterocycles. The predicted molar refractivity (Wildman–Crippen MR) is 84.6 cm³/mol. The smallest absolute Gasteiger partial charge is 0.142 e. The van der Waals surface area contributed by atoms with E-state index in [2.05, 4.69) is 63.7 Å². The van der Waals surface area contributed by atoms with Crippen LogP contribution in [0, 0.1) is 5.82 Å². The van der Waals surface area contributed by atoms with Crippen molar-refractivity contribution in [2.24, 2.45) is 0 Å². The molecular weight excluding hydrogens is 503 g/mol. The van der Waals surface area contributed by atoms with Crippen LogP contribution in [-0.2, 0) is 0 Å². The van der Waals surface area contributed by atoms with Gasteiger partial charge in [-0.05, 0) is 59.9 Å². The lowest BCUT2D eigenvalue weighted by molar-refractivity contribution is 0.607. The molecule has 0 amide bonds. The van der Waals surface area contributed by atoms with Crippen molar-refractivity contribution < 1.29 is 4.39 Å². The van der Waals surface area contributed by atoms with Crippen molar-refractivity contribution >= 4 is 75.1 Å². The van der Waals surface area contributed by atoms with E-state index < -0.39 is 0 Å². The Bertz CT molecular complexity index is 533. The van der Waals surface area contributed by atoms with Gasteiger partial charge in [0, 0.05) is 14.9 Å². The molecule has 0 fully saturated rings. The van der Waals surface area contributed by atoms with E-state index in [4.69, 9.17) is 0 Å². The fourth-order valence-corrected chi connectivity index (χ4v) is 4.59. The second kappa shape index (κ2) is 5.82. The van der Waals surface area contributed by atoms with Gasteiger partial charge in [0.15, 0.2) is 0 Å². The van der Waals surface area contributed by atoms with E-state index in [1.54, 1.807) is 23.5 Å². The highest BCUT2D eigenvalue weighted by Gasteiger charge is 2.19. The molecule has 0 spiro atoms. The molecule has 0 bridgehead atoms.